The van der Waals surface area contributed by atoms with Crippen LogP contribution in [0.25, 0.3) is 0 Å². The number of ether oxygens (including phenoxy) is 2. The molecule has 3 fully saturated rings. The van der Waals surface area contributed by atoms with E-state index in [-0.39, 0.29) is 37.5 Å². The molecule has 2 bridgehead atoms. The number of hydrogen-bond acceptors (Lipinski definition) is 6. The van der Waals surface area contributed by atoms with Crippen LogP contribution in [-0.2, 0) is 23.9 Å². The standard InChI is InChI=1S/C30H39ClN2O6/c1-6-8-15-38-29(37)23-22-12-13-30(39-22)24(23)27(35)33(20(17-34)16-18(3)4)26(30)28(36)32(14-7-2)25-19(5)10-9-11-21(25)31/h6-7,9-11,18,20,22-24,26,34H,1-2,8,12-17H2,3-5H3/t20-,22+,23-,24+,26?,30?/m1/s1. The van der Waals surface area contributed by atoms with Crippen LogP contribution in [0.15, 0.2) is 43.5 Å². The van der Waals surface area contributed by atoms with Crippen LogP contribution in [0.2, 0.25) is 5.02 Å². The van der Waals surface area contributed by atoms with Gasteiger partial charge in [0.15, 0.2) is 0 Å². The molecule has 1 N–H and O–H groups in total. The molecule has 2 unspecified atom stereocenters. The summed E-state index contributed by atoms with van der Waals surface area (Å²) in [6.45, 7) is 13.4. The highest BCUT2D eigenvalue weighted by Crippen LogP contribution is 2.59. The maximum atomic E-state index is 14.7. The fourth-order valence-electron chi connectivity index (χ4n) is 6.72. The van der Waals surface area contributed by atoms with Crippen LogP contribution in [0.4, 0.5) is 5.69 Å². The molecule has 0 radical (unpaired) electrons. The van der Waals surface area contributed by atoms with Crippen LogP contribution in [-0.4, -0.2) is 71.3 Å². The number of aliphatic hydroxyl groups is 1. The number of rotatable bonds is 12. The summed E-state index contributed by atoms with van der Waals surface area (Å²) >= 11 is 6.60. The predicted octanol–water partition coefficient (Wildman–Crippen LogP) is 4.07. The Hall–Kier alpha value is -2.68. The first-order chi connectivity index (χ1) is 18.6. The second-order valence-electron chi connectivity index (χ2n) is 11.2. The van der Waals surface area contributed by atoms with E-state index in [4.69, 9.17) is 21.1 Å². The molecule has 9 heteroatoms. The molecule has 3 saturated heterocycles. The maximum absolute atomic E-state index is 14.7. The SMILES string of the molecule is C=CCCOC(=O)[C@@H]1[C@@H]2CCC3(O2)C(C(=O)N(CC=C)c2c(C)cccc2Cl)N([C@@H](CO)CC(C)C)C(=O)[C@H]13. The zero-order chi connectivity index (χ0) is 28.5. The van der Waals surface area contributed by atoms with Crippen LogP contribution >= 0.6 is 11.6 Å². The van der Waals surface area contributed by atoms with Gasteiger partial charge in [-0.1, -0.05) is 49.7 Å². The first-order valence-corrected chi connectivity index (χ1v) is 14.1. The second kappa shape index (κ2) is 11.8. The van der Waals surface area contributed by atoms with Gasteiger partial charge >= 0.3 is 5.97 Å². The number of anilines is 1. The largest absolute Gasteiger partial charge is 0.465 e. The average molecular weight is 559 g/mol. The number of fused-ring (bicyclic) bond motifs is 1. The molecule has 3 aliphatic rings. The molecule has 6 atom stereocenters. The van der Waals surface area contributed by atoms with E-state index >= 15 is 0 Å². The molecular formula is C30H39ClN2O6. The molecule has 39 heavy (non-hydrogen) atoms. The Bertz CT molecular complexity index is 1120. The van der Waals surface area contributed by atoms with Crippen molar-refractivity contribution in [3.8, 4) is 0 Å². The summed E-state index contributed by atoms with van der Waals surface area (Å²) in [6, 6.07) is 3.73. The van der Waals surface area contributed by atoms with Crippen molar-refractivity contribution >= 4 is 35.1 Å². The number of carbonyl (C=O) groups excluding carboxylic acids is 3. The molecule has 4 rings (SSSR count). The summed E-state index contributed by atoms with van der Waals surface area (Å²) in [4.78, 5) is 45.2. The minimum absolute atomic E-state index is 0.149. The van der Waals surface area contributed by atoms with Gasteiger partial charge in [0, 0.05) is 6.54 Å². The van der Waals surface area contributed by atoms with Gasteiger partial charge in [-0.25, -0.2) is 0 Å². The number of halogens is 1. The van der Waals surface area contributed by atoms with Crippen molar-refractivity contribution in [2.45, 2.75) is 70.2 Å². The van der Waals surface area contributed by atoms with Crippen LogP contribution in [0.5, 0.6) is 0 Å². The van der Waals surface area contributed by atoms with Gasteiger partial charge in [0.25, 0.3) is 5.91 Å². The Kier molecular flexibility index (Phi) is 8.88. The third kappa shape index (κ3) is 5.03. The second-order valence-corrected chi connectivity index (χ2v) is 11.6. The van der Waals surface area contributed by atoms with Gasteiger partial charge < -0.3 is 24.4 Å². The molecule has 8 nitrogen and oxygen atoms in total. The third-order valence-corrected chi connectivity index (χ3v) is 8.50. The van der Waals surface area contributed by atoms with Crippen molar-refractivity contribution in [1.82, 2.24) is 4.90 Å². The van der Waals surface area contributed by atoms with Gasteiger partial charge in [-0.05, 0) is 50.2 Å². The average Bonchev–Trinajstić information content (AvgIpc) is 3.53. The molecule has 0 saturated carbocycles. The number of nitrogens with zero attached hydrogens (tertiary/aromatic N) is 2. The Morgan fingerprint density at radius 1 is 1.33 bits per heavy atom. The smallest absolute Gasteiger partial charge is 0.312 e. The van der Waals surface area contributed by atoms with Crippen LogP contribution in [0.3, 0.4) is 0 Å². The molecule has 1 aromatic carbocycles. The van der Waals surface area contributed by atoms with Gasteiger partial charge in [0.05, 0.1) is 47.9 Å². The van der Waals surface area contributed by atoms with Gasteiger partial charge in [-0.2, -0.15) is 0 Å². The fraction of sp³-hybridized carbons (Fsp3) is 0.567. The Morgan fingerprint density at radius 2 is 2.08 bits per heavy atom. The van der Waals surface area contributed by atoms with E-state index in [2.05, 4.69) is 13.2 Å². The Labute approximate surface area is 235 Å². The normalized spacial score (nSPS) is 27.9. The number of hydrogen-bond donors (Lipinski definition) is 1. The summed E-state index contributed by atoms with van der Waals surface area (Å²) in [7, 11) is 0. The van der Waals surface area contributed by atoms with Crippen molar-refractivity contribution in [1.29, 1.82) is 0 Å². The zero-order valence-corrected chi connectivity index (χ0v) is 23.7. The Balaban J connectivity index is 1.82. The molecule has 1 aromatic rings. The molecule has 0 aromatic heterocycles. The van der Waals surface area contributed by atoms with Crippen molar-refractivity contribution in [2.75, 3.05) is 24.7 Å². The van der Waals surface area contributed by atoms with E-state index < -0.39 is 41.6 Å². The van der Waals surface area contributed by atoms with Crippen molar-refractivity contribution in [3.63, 3.8) is 0 Å². The summed E-state index contributed by atoms with van der Waals surface area (Å²) in [5, 5.41) is 10.9. The number of carbonyl (C=O) groups is 3. The third-order valence-electron chi connectivity index (χ3n) is 8.19. The van der Waals surface area contributed by atoms with E-state index in [1.165, 1.54) is 4.90 Å². The Morgan fingerprint density at radius 3 is 2.69 bits per heavy atom. The van der Waals surface area contributed by atoms with E-state index in [1.807, 2.05) is 32.9 Å². The number of likely N-dealkylation sites (tertiary alicyclic amines) is 1. The van der Waals surface area contributed by atoms with E-state index in [9.17, 15) is 19.5 Å². The molecule has 3 heterocycles. The quantitative estimate of drug-likeness (QED) is 0.236. The number of aliphatic hydroxyl groups excluding tert-OH is 1. The lowest BCUT2D eigenvalue weighted by molar-refractivity contribution is -0.155. The van der Waals surface area contributed by atoms with Gasteiger partial charge in [-0.15, -0.1) is 13.2 Å². The van der Waals surface area contributed by atoms with E-state index in [0.717, 1.165) is 5.56 Å². The number of amides is 2. The number of aryl methyl sites for hydroxylation is 1. The topological polar surface area (TPSA) is 96.4 Å². The highest BCUT2D eigenvalue weighted by atomic mass is 35.5. The summed E-state index contributed by atoms with van der Waals surface area (Å²) in [5.41, 5.74) is 0.123. The first kappa shape index (κ1) is 29.3. The van der Waals surface area contributed by atoms with Crippen LogP contribution in [0.1, 0.15) is 45.1 Å². The van der Waals surface area contributed by atoms with E-state index in [1.54, 1.807) is 23.1 Å². The van der Waals surface area contributed by atoms with Crippen molar-refractivity contribution < 1.29 is 29.0 Å². The highest BCUT2D eigenvalue weighted by molar-refractivity contribution is 6.34. The number of esters is 1. The lowest BCUT2D eigenvalue weighted by atomic mass is 9.70. The summed E-state index contributed by atoms with van der Waals surface area (Å²) < 4.78 is 12.0. The number of benzene rings is 1. The lowest BCUT2D eigenvalue weighted by Gasteiger charge is -2.40. The fourth-order valence-corrected chi connectivity index (χ4v) is 7.05. The van der Waals surface area contributed by atoms with Crippen LogP contribution in [0, 0.1) is 24.7 Å². The van der Waals surface area contributed by atoms with Gasteiger partial charge in [0.1, 0.15) is 11.6 Å². The zero-order valence-electron chi connectivity index (χ0n) is 23.0. The molecule has 3 aliphatic heterocycles. The monoisotopic (exact) mass is 558 g/mol. The maximum Gasteiger partial charge on any atom is 0.312 e. The molecular weight excluding hydrogens is 520 g/mol. The molecule has 0 aliphatic carbocycles. The minimum Gasteiger partial charge on any atom is -0.465 e. The van der Waals surface area contributed by atoms with Gasteiger partial charge in [0.2, 0.25) is 5.91 Å². The molecule has 212 valence electrons. The van der Waals surface area contributed by atoms with Crippen molar-refractivity contribution in [2.24, 2.45) is 17.8 Å². The molecule has 1 spiro atoms. The predicted molar refractivity (Wildman–Crippen MR) is 149 cm³/mol. The van der Waals surface area contributed by atoms with Crippen molar-refractivity contribution in [3.05, 3.63) is 54.1 Å². The van der Waals surface area contributed by atoms with Gasteiger partial charge in [-0.3, -0.25) is 14.4 Å². The summed E-state index contributed by atoms with van der Waals surface area (Å²) in [6.07, 6.45) is 4.71. The summed E-state index contributed by atoms with van der Waals surface area (Å²) in [5.74, 6) is -2.76. The van der Waals surface area contributed by atoms with E-state index in [0.29, 0.717) is 36.4 Å². The minimum atomic E-state index is -1.21. The molecule has 2 amide bonds. The highest BCUT2D eigenvalue weighted by Gasteiger charge is 2.75. The number of para-hydroxylation sites is 1. The first-order valence-electron chi connectivity index (χ1n) is 13.7. The van der Waals surface area contributed by atoms with Crippen LogP contribution < -0.4 is 4.90 Å². The lowest BCUT2D eigenvalue weighted by Crippen LogP contribution is -2.59.